The Bertz CT molecular complexity index is 547. The first kappa shape index (κ1) is 13.8. The Morgan fingerprint density at radius 2 is 1.68 bits per heavy atom. The minimum absolute atomic E-state index is 0.485. The number of rotatable bonds is 4. The Kier molecular flexibility index (Phi) is 4.40. The molecule has 2 rings (SSSR count). The first-order valence-electron chi connectivity index (χ1n) is 5.84. The normalized spacial score (nSPS) is 10.3. The van der Waals surface area contributed by atoms with Crippen LogP contribution in [0.5, 0.6) is 5.75 Å². The monoisotopic (exact) mass is 296 g/mol. The van der Waals surface area contributed by atoms with Crippen molar-refractivity contribution in [2.24, 2.45) is 0 Å². The summed E-state index contributed by atoms with van der Waals surface area (Å²) in [6, 6.07) is 10.9. The van der Waals surface area contributed by atoms with Crippen molar-refractivity contribution < 1.29 is 4.74 Å². The third kappa shape index (κ3) is 3.46. The van der Waals surface area contributed by atoms with Crippen LogP contribution in [0.4, 0.5) is 17.1 Å². The number of hydrogen-bond acceptors (Lipinski definition) is 3. The van der Waals surface area contributed by atoms with Crippen molar-refractivity contribution in [3.63, 3.8) is 0 Å². The van der Waals surface area contributed by atoms with Crippen molar-refractivity contribution in [3.05, 3.63) is 46.4 Å². The highest BCUT2D eigenvalue weighted by Gasteiger charge is 2.07. The number of benzene rings is 2. The number of halogens is 2. The van der Waals surface area contributed by atoms with E-state index in [-0.39, 0.29) is 0 Å². The van der Waals surface area contributed by atoms with Gasteiger partial charge in [-0.2, -0.15) is 0 Å². The van der Waals surface area contributed by atoms with Gasteiger partial charge in [0.05, 0.1) is 22.3 Å². The van der Waals surface area contributed by atoms with Gasteiger partial charge in [0.2, 0.25) is 0 Å². The second-order valence-corrected chi connectivity index (χ2v) is 4.76. The maximum atomic E-state index is 6.11. The summed E-state index contributed by atoms with van der Waals surface area (Å²) in [5.74, 6) is 0.822. The molecule has 0 radical (unpaired) electrons. The smallest absolute Gasteiger partial charge is 0.119 e. The molecule has 3 N–H and O–H groups in total. The highest BCUT2D eigenvalue weighted by Crippen LogP contribution is 2.35. The molecule has 0 aromatic heterocycles. The number of ether oxygens (including phenoxy) is 1. The summed E-state index contributed by atoms with van der Waals surface area (Å²) in [4.78, 5) is 0. The van der Waals surface area contributed by atoms with Gasteiger partial charge in [0.1, 0.15) is 5.75 Å². The molecule has 0 saturated carbocycles. The fourth-order valence-electron chi connectivity index (χ4n) is 1.66. The van der Waals surface area contributed by atoms with Gasteiger partial charge in [0, 0.05) is 11.4 Å². The summed E-state index contributed by atoms with van der Waals surface area (Å²) in [5.41, 5.74) is 7.71. The van der Waals surface area contributed by atoms with Gasteiger partial charge >= 0.3 is 0 Å². The molecule has 0 heterocycles. The summed E-state index contributed by atoms with van der Waals surface area (Å²) in [6.07, 6.45) is 0. The van der Waals surface area contributed by atoms with Crippen LogP contribution < -0.4 is 15.8 Å². The van der Waals surface area contributed by atoms with Crippen LogP contribution in [-0.2, 0) is 0 Å². The number of hydrogen-bond donors (Lipinski definition) is 2. The van der Waals surface area contributed by atoms with Gasteiger partial charge in [-0.1, -0.05) is 23.2 Å². The predicted molar refractivity (Wildman–Crippen MR) is 81.8 cm³/mol. The van der Waals surface area contributed by atoms with Crippen molar-refractivity contribution >= 4 is 40.3 Å². The number of anilines is 3. The van der Waals surface area contributed by atoms with Crippen molar-refractivity contribution in [1.29, 1.82) is 0 Å². The second-order valence-electron chi connectivity index (χ2n) is 3.94. The van der Waals surface area contributed by atoms with Crippen LogP contribution in [0.3, 0.4) is 0 Å². The van der Waals surface area contributed by atoms with Crippen LogP contribution in [-0.4, -0.2) is 6.61 Å². The van der Waals surface area contributed by atoms with Gasteiger partial charge in [-0.3, -0.25) is 0 Å². The second kappa shape index (κ2) is 6.04. The van der Waals surface area contributed by atoms with E-state index in [9.17, 15) is 0 Å². The van der Waals surface area contributed by atoms with Gasteiger partial charge in [0.15, 0.2) is 0 Å². The lowest BCUT2D eigenvalue weighted by Crippen LogP contribution is -1.95. The Balaban J connectivity index is 2.21. The van der Waals surface area contributed by atoms with Crippen molar-refractivity contribution in [2.75, 3.05) is 17.7 Å². The first-order chi connectivity index (χ1) is 9.10. The van der Waals surface area contributed by atoms with Crippen LogP contribution in [0, 0.1) is 0 Å². The van der Waals surface area contributed by atoms with Gasteiger partial charge in [-0.25, -0.2) is 0 Å². The number of nitrogen functional groups attached to an aromatic ring is 1. The standard InChI is InChI=1S/C14H14Cl2N2O/c1-2-19-11-5-3-10(4-6-11)18-14-12(15)7-9(17)8-13(14)16/h3-8,18H,2,17H2,1H3. The molecule has 0 atom stereocenters. The Morgan fingerprint density at radius 1 is 1.11 bits per heavy atom. The number of nitrogens with one attached hydrogen (secondary N) is 1. The van der Waals surface area contributed by atoms with Crippen molar-refractivity contribution in [3.8, 4) is 5.75 Å². The van der Waals surface area contributed by atoms with Gasteiger partial charge < -0.3 is 15.8 Å². The molecule has 100 valence electrons. The molecule has 19 heavy (non-hydrogen) atoms. The molecule has 3 nitrogen and oxygen atoms in total. The third-order valence-corrected chi connectivity index (χ3v) is 3.10. The van der Waals surface area contributed by atoms with E-state index < -0.39 is 0 Å². The maximum absolute atomic E-state index is 6.11. The quantitative estimate of drug-likeness (QED) is 0.803. The molecule has 0 unspecified atom stereocenters. The van der Waals surface area contributed by atoms with E-state index in [2.05, 4.69) is 5.32 Å². The fraction of sp³-hybridized carbons (Fsp3) is 0.143. The van der Waals surface area contributed by atoms with Crippen LogP contribution in [0.25, 0.3) is 0 Å². The average Bonchev–Trinajstić information content (AvgIpc) is 2.36. The Morgan fingerprint density at radius 3 is 2.21 bits per heavy atom. The summed E-state index contributed by atoms with van der Waals surface area (Å²) in [5, 5.41) is 4.13. The zero-order valence-corrected chi connectivity index (χ0v) is 11.9. The molecule has 0 aliphatic carbocycles. The zero-order chi connectivity index (χ0) is 13.8. The van der Waals surface area contributed by atoms with Crippen LogP contribution in [0.2, 0.25) is 10.0 Å². The topological polar surface area (TPSA) is 47.3 Å². The highest BCUT2D eigenvalue weighted by molar-refractivity contribution is 6.39. The van der Waals surface area contributed by atoms with E-state index >= 15 is 0 Å². The summed E-state index contributed by atoms with van der Waals surface area (Å²) >= 11 is 12.2. The average molecular weight is 297 g/mol. The van der Waals surface area contributed by atoms with E-state index in [4.69, 9.17) is 33.7 Å². The number of nitrogens with two attached hydrogens (primary N) is 1. The zero-order valence-electron chi connectivity index (χ0n) is 10.4. The van der Waals surface area contributed by atoms with Crippen LogP contribution in [0.1, 0.15) is 6.92 Å². The molecule has 0 spiro atoms. The lowest BCUT2D eigenvalue weighted by molar-refractivity contribution is 0.340. The van der Waals surface area contributed by atoms with E-state index in [1.54, 1.807) is 12.1 Å². The molecular weight excluding hydrogens is 283 g/mol. The molecule has 2 aromatic rings. The van der Waals surface area contributed by atoms with Crippen LogP contribution in [0.15, 0.2) is 36.4 Å². The molecule has 2 aromatic carbocycles. The minimum atomic E-state index is 0.485. The van der Waals surface area contributed by atoms with E-state index in [1.165, 1.54) is 0 Å². The first-order valence-corrected chi connectivity index (χ1v) is 6.60. The predicted octanol–water partition coefficient (Wildman–Crippen LogP) is 4.72. The van der Waals surface area contributed by atoms with Gasteiger partial charge in [0.25, 0.3) is 0 Å². The van der Waals surface area contributed by atoms with E-state index in [0.29, 0.717) is 28.0 Å². The molecule has 0 aliphatic rings. The molecule has 0 fully saturated rings. The third-order valence-electron chi connectivity index (χ3n) is 2.50. The van der Waals surface area contributed by atoms with Gasteiger partial charge in [-0.15, -0.1) is 0 Å². The fourth-order valence-corrected chi connectivity index (χ4v) is 2.26. The maximum Gasteiger partial charge on any atom is 0.119 e. The van der Waals surface area contributed by atoms with E-state index in [1.807, 2.05) is 31.2 Å². The summed E-state index contributed by atoms with van der Waals surface area (Å²) in [7, 11) is 0. The Hall–Kier alpha value is -1.58. The molecule has 0 saturated heterocycles. The molecule has 5 heteroatoms. The summed E-state index contributed by atoms with van der Waals surface area (Å²) < 4.78 is 5.38. The van der Waals surface area contributed by atoms with Crippen molar-refractivity contribution in [1.82, 2.24) is 0 Å². The lowest BCUT2D eigenvalue weighted by atomic mass is 10.2. The van der Waals surface area contributed by atoms with Crippen molar-refractivity contribution in [2.45, 2.75) is 6.92 Å². The van der Waals surface area contributed by atoms with E-state index in [0.717, 1.165) is 11.4 Å². The summed E-state index contributed by atoms with van der Waals surface area (Å²) in [6.45, 7) is 2.59. The van der Waals surface area contributed by atoms with Gasteiger partial charge in [-0.05, 0) is 43.3 Å². The Labute approximate surface area is 122 Å². The minimum Gasteiger partial charge on any atom is -0.494 e. The largest absolute Gasteiger partial charge is 0.494 e. The molecule has 0 aliphatic heterocycles. The molecule has 0 bridgehead atoms. The lowest BCUT2D eigenvalue weighted by Gasteiger charge is -2.12. The molecular formula is C14H14Cl2N2O. The highest BCUT2D eigenvalue weighted by atomic mass is 35.5. The van der Waals surface area contributed by atoms with Crippen LogP contribution >= 0.6 is 23.2 Å². The molecule has 0 amide bonds. The SMILES string of the molecule is CCOc1ccc(Nc2c(Cl)cc(N)cc2Cl)cc1.